The summed E-state index contributed by atoms with van der Waals surface area (Å²) in [7, 11) is 0. The molecule has 2 nitrogen and oxygen atoms in total. The number of allylic oxidation sites excluding steroid dienone is 2. The fraction of sp³-hybridized carbons (Fsp3) is 0.429. The van der Waals surface area contributed by atoms with Gasteiger partial charge in [-0.25, -0.2) is 0 Å². The molecule has 2 aliphatic heterocycles. The molecule has 2 unspecified atom stereocenters. The van der Waals surface area contributed by atoms with Crippen molar-refractivity contribution in [2.24, 2.45) is 0 Å². The summed E-state index contributed by atoms with van der Waals surface area (Å²) in [6.07, 6.45) is 5.15. The van der Waals surface area contributed by atoms with Crippen molar-refractivity contribution in [1.29, 1.82) is 0 Å². The fourth-order valence-corrected chi connectivity index (χ4v) is 13.9. The van der Waals surface area contributed by atoms with Crippen LogP contribution in [0, 0.1) is 0 Å². The minimum atomic E-state index is 0.0540. The molecule has 1 aromatic rings. The predicted molar refractivity (Wildman–Crippen MR) is 187 cm³/mol. The number of carbonyl (C=O) groups excluding carboxylic acids is 2. The maximum Gasteiger partial charge on any atom is 0.211 e. The van der Waals surface area contributed by atoms with Gasteiger partial charge in [-0.1, -0.05) is 60.9 Å². The van der Waals surface area contributed by atoms with Crippen LogP contribution >= 0.6 is 94.1 Å². The molecular weight excluding hydrogens is 625 g/mol. The predicted octanol–water partition coefficient (Wildman–Crippen LogP) is 9.90. The minimum Gasteiger partial charge on any atom is -0.282 e. The summed E-state index contributed by atoms with van der Waals surface area (Å²) in [5.74, 6) is 5.96. The van der Waals surface area contributed by atoms with Crippen molar-refractivity contribution in [2.45, 2.75) is 47.4 Å². The van der Waals surface area contributed by atoms with Crippen molar-refractivity contribution in [3.8, 4) is 0 Å². The quantitative estimate of drug-likeness (QED) is 0.126. The molecule has 0 spiro atoms. The van der Waals surface area contributed by atoms with Crippen molar-refractivity contribution in [3.63, 3.8) is 0 Å². The first-order valence-electron chi connectivity index (χ1n) is 12.3. The molecule has 2 atom stereocenters. The van der Waals surface area contributed by atoms with Gasteiger partial charge < -0.3 is 0 Å². The van der Waals surface area contributed by atoms with Gasteiger partial charge in [0, 0.05) is 32.8 Å². The van der Waals surface area contributed by atoms with E-state index >= 15 is 0 Å². The lowest BCUT2D eigenvalue weighted by Crippen LogP contribution is -1.96. The lowest BCUT2D eigenvalue weighted by Gasteiger charge is -2.10. The molecule has 3 rings (SSSR count). The maximum absolute atomic E-state index is 11.5. The van der Waals surface area contributed by atoms with Gasteiger partial charge in [0.25, 0.3) is 0 Å². The Morgan fingerprint density at radius 3 is 1.47 bits per heavy atom. The van der Waals surface area contributed by atoms with Crippen LogP contribution < -0.4 is 0 Å². The topological polar surface area (TPSA) is 34.1 Å². The van der Waals surface area contributed by atoms with Crippen LogP contribution in [0.3, 0.4) is 0 Å². The highest BCUT2D eigenvalue weighted by molar-refractivity contribution is 8.25. The molecule has 2 heterocycles. The van der Waals surface area contributed by atoms with Crippen molar-refractivity contribution < 1.29 is 9.59 Å². The Hall–Kier alpha value is 0.320. The number of benzene rings is 1. The Balaban J connectivity index is 1.25. The summed E-state index contributed by atoms with van der Waals surface area (Å²) in [5.41, 5.74) is 2.79. The van der Waals surface area contributed by atoms with E-state index in [-0.39, 0.29) is 10.2 Å². The van der Waals surface area contributed by atoms with E-state index in [0.717, 1.165) is 34.5 Å². The van der Waals surface area contributed by atoms with Crippen LogP contribution in [-0.2, 0) is 21.1 Å². The molecule has 2 aliphatic rings. The number of thioether (sulfide) groups is 8. The first-order chi connectivity index (χ1) is 18.4. The highest BCUT2D eigenvalue weighted by Gasteiger charge is 2.24. The molecule has 0 aliphatic carbocycles. The standard InChI is InChI=1S/C28H34O2S8/c1-5-25(29)33-17-23-19(3)35-27(37-23)11-13-31-15-21-7-9-22(10-8-21)16-32-14-12-28-36-20(4)24(38-28)18-34-26(30)6-2/h5-10,27-28H,1-2,11-18H2,3-4H3. The third-order valence-electron chi connectivity index (χ3n) is 5.53. The Morgan fingerprint density at radius 2 is 1.11 bits per heavy atom. The molecule has 0 radical (unpaired) electrons. The summed E-state index contributed by atoms with van der Waals surface area (Å²) in [4.78, 5) is 28.4. The van der Waals surface area contributed by atoms with Gasteiger partial charge >= 0.3 is 0 Å². The number of hydrogen-bond acceptors (Lipinski definition) is 10. The van der Waals surface area contributed by atoms with Crippen molar-refractivity contribution in [1.82, 2.24) is 0 Å². The monoisotopic (exact) mass is 658 g/mol. The van der Waals surface area contributed by atoms with Gasteiger partial charge in [-0.3, -0.25) is 9.59 Å². The Kier molecular flexibility index (Phi) is 15.5. The first-order valence-corrected chi connectivity index (χ1v) is 20.1. The molecule has 38 heavy (non-hydrogen) atoms. The number of rotatable bonds is 16. The van der Waals surface area contributed by atoms with Gasteiger partial charge in [0.1, 0.15) is 0 Å². The largest absolute Gasteiger partial charge is 0.282 e. The zero-order valence-corrected chi connectivity index (χ0v) is 28.3. The van der Waals surface area contributed by atoms with E-state index < -0.39 is 0 Å². The lowest BCUT2D eigenvalue weighted by molar-refractivity contribution is -0.107. The molecule has 10 heteroatoms. The smallest absolute Gasteiger partial charge is 0.211 e. The van der Waals surface area contributed by atoms with Crippen LogP contribution in [0.1, 0.15) is 37.8 Å². The van der Waals surface area contributed by atoms with Crippen LogP contribution in [0.2, 0.25) is 0 Å². The molecule has 0 aromatic heterocycles. The normalized spacial score (nSPS) is 19.3. The van der Waals surface area contributed by atoms with Gasteiger partial charge in [-0.2, -0.15) is 23.5 Å². The summed E-state index contributed by atoms with van der Waals surface area (Å²) in [5, 5.41) is 0.108. The molecule has 1 aromatic carbocycles. The second-order valence-corrected chi connectivity index (χ2v) is 18.6. The van der Waals surface area contributed by atoms with Crippen LogP contribution in [0.4, 0.5) is 0 Å². The Morgan fingerprint density at radius 1 is 0.711 bits per heavy atom. The molecule has 0 fully saturated rings. The van der Waals surface area contributed by atoms with Crippen LogP contribution in [0.15, 0.2) is 69.2 Å². The Bertz CT molecular complexity index is 964. The molecule has 0 amide bonds. The van der Waals surface area contributed by atoms with Crippen molar-refractivity contribution >= 4 is 104 Å². The molecule has 0 N–H and O–H groups in total. The van der Waals surface area contributed by atoms with Crippen LogP contribution in [-0.4, -0.2) is 42.4 Å². The van der Waals surface area contributed by atoms with E-state index in [1.807, 2.05) is 70.6 Å². The third kappa shape index (κ3) is 11.7. The number of hydrogen-bond donors (Lipinski definition) is 0. The van der Waals surface area contributed by atoms with Crippen molar-refractivity contribution in [2.75, 3.05) is 23.0 Å². The SMILES string of the molecule is C=CC(=O)SCC1=C(C)SC(CCSCc2ccc(CSCCC3SC(C)=C(CSC(=O)C=C)S3)cc2)S1. The van der Waals surface area contributed by atoms with E-state index in [0.29, 0.717) is 9.16 Å². The van der Waals surface area contributed by atoms with Gasteiger partial charge in [-0.15, -0.1) is 47.0 Å². The molecular formula is C28H34O2S8. The summed E-state index contributed by atoms with van der Waals surface area (Å²) >= 11 is 14.5. The zero-order valence-electron chi connectivity index (χ0n) is 21.8. The second kappa shape index (κ2) is 18.0. The first kappa shape index (κ1) is 32.8. The molecule has 0 saturated carbocycles. The average Bonchev–Trinajstić information content (AvgIpc) is 3.47. The molecule has 0 saturated heterocycles. The van der Waals surface area contributed by atoms with Gasteiger partial charge in [0.15, 0.2) is 0 Å². The summed E-state index contributed by atoms with van der Waals surface area (Å²) in [6, 6.07) is 9.13. The van der Waals surface area contributed by atoms with Gasteiger partial charge in [-0.05, 0) is 71.3 Å². The van der Waals surface area contributed by atoms with E-state index in [9.17, 15) is 9.59 Å². The van der Waals surface area contributed by atoms with Gasteiger partial charge in [0.2, 0.25) is 10.2 Å². The zero-order chi connectivity index (χ0) is 27.3. The van der Waals surface area contributed by atoms with E-state index in [4.69, 9.17) is 0 Å². The highest BCUT2D eigenvalue weighted by Crippen LogP contribution is 2.49. The highest BCUT2D eigenvalue weighted by atomic mass is 32.2. The summed E-state index contributed by atoms with van der Waals surface area (Å²) in [6.45, 7) is 11.5. The summed E-state index contributed by atoms with van der Waals surface area (Å²) < 4.78 is 1.15. The second-order valence-electron chi connectivity index (χ2n) is 8.41. The van der Waals surface area contributed by atoms with Crippen LogP contribution in [0.25, 0.3) is 0 Å². The maximum atomic E-state index is 11.5. The fourth-order valence-electron chi connectivity index (χ4n) is 3.43. The van der Waals surface area contributed by atoms with E-state index in [1.54, 1.807) is 0 Å². The Labute approximate surface area is 262 Å². The van der Waals surface area contributed by atoms with Gasteiger partial charge in [0.05, 0.1) is 9.16 Å². The van der Waals surface area contributed by atoms with Crippen molar-refractivity contribution in [3.05, 3.63) is 80.3 Å². The third-order valence-corrected chi connectivity index (χ3v) is 15.9. The molecule has 206 valence electrons. The minimum absolute atomic E-state index is 0.0540. The van der Waals surface area contributed by atoms with Crippen LogP contribution in [0.5, 0.6) is 0 Å². The molecule has 0 bridgehead atoms. The van der Waals surface area contributed by atoms with E-state index in [1.165, 1.54) is 79.3 Å². The lowest BCUT2D eigenvalue weighted by atomic mass is 10.2. The average molecular weight is 659 g/mol. The number of carbonyl (C=O) groups is 2. The van der Waals surface area contributed by atoms with E-state index in [2.05, 4.69) is 51.3 Å².